The summed E-state index contributed by atoms with van der Waals surface area (Å²) in [5, 5.41) is 20.9. The van der Waals surface area contributed by atoms with Gasteiger partial charge in [-0.05, 0) is 30.9 Å². The molecule has 1 aromatic heterocycles. The number of likely N-dealkylation sites (tertiary alicyclic amines) is 1. The van der Waals surface area contributed by atoms with Crippen molar-refractivity contribution in [1.82, 2.24) is 20.3 Å². The van der Waals surface area contributed by atoms with Crippen molar-refractivity contribution < 1.29 is 14.6 Å². The summed E-state index contributed by atoms with van der Waals surface area (Å²) in [6.07, 6.45) is 4.34. The Bertz CT molecular complexity index is 729. The van der Waals surface area contributed by atoms with Gasteiger partial charge in [-0.1, -0.05) is 12.1 Å². The molecule has 1 atom stereocenters. The molecule has 7 nitrogen and oxygen atoms in total. The zero-order chi connectivity index (χ0) is 16.6. The molecule has 0 bridgehead atoms. The van der Waals surface area contributed by atoms with Gasteiger partial charge in [-0.25, -0.2) is 0 Å². The molecule has 2 heterocycles. The number of β-amino-alcohol motifs (C(OH)–C–C–N with tert-alkyl or cyclic N) is 1. The number of hydrogen-bond donors (Lipinski definition) is 2. The second-order valence-electron chi connectivity index (χ2n) is 6.61. The Morgan fingerprint density at radius 1 is 1.42 bits per heavy atom. The van der Waals surface area contributed by atoms with Crippen LogP contribution in [0, 0.1) is 5.92 Å². The Kier molecular flexibility index (Phi) is 3.72. The standard InChI is InChI=1S/C17H20N4O3/c22-16(13-3-1-2-4-14(13)24-10-12-5-6-12)21-8-7-17(23,11-21)15-9-18-20-19-15/h1-4,9,12,23H,5-8,10-11H2,(H,18,19,20). The van der Waals surface area contributed by atoms with Crippen LogP contribution in [-0.4, -0.2) is 51.0 Å². The first-order valence-electron chi connectivity index (χ1n) is 8.25. The van der Waals surface area contributed by atoms with Crippen molar-refractivity contribution in [2.45, 2.75) is 24.9 Å². The summed E-state index contributed by atoms with van der Waals surface area (Å²) >= 11 is 0. The van der Waals surface area contributed by atoms with E-state index < -0.39 is 5.60 Å². The minimum atomic E-state index is -1.15. The van der Waals surface area contributed by atoms with Crippen LogP contribution in [0.1, 0.15) is 35.3 Å². The fourth-order valence-corrected chi connectivity index (χ4v) is 3.03. The predicted molar refractivity (Wildman–Crippen MR) is 85.5 cm³/mol. The SMILES string of the molecule is O=C(c1ccccc1OCC1CC1)N1CCC(O)(c2cn[nH]n2)C1. The van der Waals surface area contributed by atoms with Crippen LogP contribution in [-0.2, 0) is 5.60 Å². The van der Waals surface area contributed by atoms with Crippen molar-refractivity contribution in [3.8, 4) is 5.75 Å². The maximum atomic E-state index is 12.9. The van der Waals surface area contributed by atoms with Crippen molar-refractivity contribution in [3.63, 3.8) is 0 Å². The fraction of sp³-hybridized carbons (Fsp3) is 0.471. The van der Waals surface area contributed by atoms with E-state index in [4.69, 9.17) is 4.74 Å². The molecule has 24 heavy (non-hydrogen) atoms. The van der Waals surface area contributed by atoms with Crippen LogP contribution in [0.25, 0.3) is 0 Å². The molecular weight excluding hydrogens is 308 g/mol. The lowest BCUT2D eigenvalue weighted by Crippen LogP contribution is -2.34. The van der Waals surface area contributed by atoms with E-state index >= 15 is 0 Å². The summed E-state index contributed by atoms with van der Waals surface area (Å²) in [6, 6.07) is 7.30. The summed E-state index contributed by atoms with van der Waals surface area (Å²) in [5.41, 5.74) is -0.134. The first kappa shape index (κ1) is 15.1. The lowest BCUT2D eigenvalue weighted by atomic mass is 10.00. The molecule has 2 N–H and O–H groups in total. The molecule has 1 saturated carbocycles. The molecule has 0 spiro atoms. The molecule has 1 aliphatic heterocycles. The smallest absolute Gasteiger partial charge is 0.257 e. The minimum Gasteiger partial charge on any atom is -0.492 e. The van der Waals surface area contributed by atoms with E-state index in [2.05, 4.69) is 15.4 Å². The molecule has 1 aromatic carbocycles. The van der Waals surface area contributed by atoms with Gasteiger partial charge in [0.2, 0.25) is 0 Å². The lowest BCUT2D eigenvalue weighted by Gasteiger charge is -2.22. The molecule has 2 aromatic rings. The number of benzene rings is 1. The molecular formula is C17H20N4O3. The normalized spacial score (nSPS) is 23.5. The van der Waals surface area contributed by atoms with E-state index in [0.29, 0.717) is 42.5 Å². The highest BCUT2D eigenvalue weighted by molar-refractivity contribution is 5.97. The number of amides is 1. The quantitative estimate of drug-likeness (QED) is 0.864. The molecule has 1 saturated heterocycles. The monoisotopic (exact) mass is 328 g/mol. The van der Waals surface area contributed by atoms with Crippen molar-refractivity contribution >= 4 is 5.91 Å². The van der Waals surface area contributed by atoms with Gasteiger partial charge in [0.05, 0.1) is 24.9 Å². The van der Waals surface area contributed by atoms with E-state index in [0.717, 1.165) is 0 Å². The number of aliphatic hydroxyl groups is 1. The van der Waals surface area contributed by atoms with Crippen LogP contribution in [0.2, 0.25) is 0 Å². The third-order valence-electron chi connectivity index (χ3n) is 4.72. The summed E-state index contributed by atoms with van der Waals surface area (Å²) in [6.45, 7) is 1.33. The number of nitrogens with one attached hydrogen (secondary N) is 1. The van der Waals surface area contributed by atoms with Gasteiger partial charge in [-0.3, -0.25) is 4.79 Å². The van der Waals surface area contributed by atoms with Gasteiger partial charge in [0, 0.05) is 13.0 Å². The molecule has 7 heteroatoms. The third kappa shape index (κ3) is 2.87. The number of hydrogen-bond acceptors (Lipinski definition) is 5. The van der Waals surface area contributed by atoms with Crippen molar-refractivity contribution in [3.05, 3.63) is 41.7 Å². The minimum absolute atomic E-state index is 0.124. The summed E-state index contributed by atoms with van der Waals surface area (Å²) in [7, 11) is 0. The van der Waals surface area contributed by atoms with Crippen LogP contribution in [0.3, 0.4) is 0 Å². The molecule has 2 fully saturated rings. The Morgan fingerprint density at radius 3 is 3.00 bits per heavy atom. The topological polar surface area (TPSA) is 91.3 Å². The number of aromatic amines is 1. The van der Waals surface area contributed by atoms with E-state index in [1.165, 1.54) is 19.0 Å². The van der Waals surface area contributed by atoms with Crippen LogP contribution >= 0.6 is 0 Å². The van der Waals surface area contributed by atoms with Gasteiger partial charge in [-0.15, -0.1) is 0 Å². The van der Waals surface area contributed by atoms with Crippen molar-refractivity contribution in [2.75, 3.05) is 19.7 Å². The highest BCUT2D eigenvalue weighted by Gasteiger charge is 2.42. The number of ether oxygens (including phenoxy) is 1. The molecule has 1 aliphatic carbocycles. The molecule has 2 aliphatic rings. The van der Waals surface area contributed by atoms with Gasteiger partial charge in [-0.2, -0.15) is 15.4 Å². The van der Waals surface area contributed by atoms with Crippen LogP contribution < -0.4 is 4.74 Å². The number of para-hydroxylation sites is 1. The number of carbonyl (C=O) groups excluding carboxylic acids is 1. The van der Waals surface area contributed by atoms with Crippen molar-refractivity contribution in [1.29, 1.82) is 0 Å². The summed E-state index contributed by atoms with van der Waals surface area (Å²) in [5.74, 6) is 1.12. The molecule has 1 unspecified atom stereocenters. The zero-order valence-corrected chi connectivity index (χ0v) is 13.3. The first-order valence-corrected chi connectivity index (χ1v) is 8.25. The van der Waals surface area contributed by atoms with Gasteiger partial charge in [0.15, 0.2) is 0 Å². The molecule has 1 amide bonds. The Morgan fingerprint density at radius 2 is 2.25 bits per heavy atom. The van der Waals surface area contributed by atoms with Gasteiger partial charge in [0.1, 0.15) is 17.0 Å². The average Bonchev–Trinajstić information content (AvgIpc) is 3.09. The largest absolute Gasteiger partial charge is 0.492 e. The number of H-pyrrole nitrogens is 1. The maximum Gasteiger partial charge on any atom is 0.257 e. The van der Waals surface area contributed by atoms with Crippen LogP contribution in [0.15, 0.2) is 30.5 Å². The first-order chi connectivity index (χ1) is 11.7. The van der Waals surface area contributed by atoms with Gasteiger partial charge in [0.25, 0.3) is 5.91 Å². The number of rotatable bonds is 5. The summed E-state index contributed by atoms with van der Waals surface area (Å²) < 4.78 is 5.83. The second-order valence-corrected chi connectivity index (χ2v) is 6.61. The highest BCUT2D eigenvalue weighted by atomic mass is 16.5. The Labute approximate surface area is 139 Å². The number of carbonyl (C=O) groups is 1. The Hall–Kier alpha value is -2.41. The van der Waals surface area contributed by atoms with E-state index in [1.54, 1.807) is 11.0 Å². The Balaban J connectivity index is 1.50. The third-order valence-corrected chi connectivity index (χ3v) is 4.72. The van der Waals surface area contributed by atoms with Gasteiger partial charge >= 0.3 is 0 Å². The second kappa shape index (κ2) is 5.90. The van der Waals surface area contributed by atoms with Crippen LogP contribution in [0.5, 0.6) is 5.75 Å². The molecule has 126 valence electrons. The predicted octanol–water partition coefficient (Wildman–Crippen LogP) is 1.33. The zero-order valence-electron chi connectivity index (χ0n) is 13.3. The van der Waals surface area contributed by atoms with E-state index in [-0.39, 0.29) is 12.5 Å². The molecule has 0 radical (unpaired) electrons. The van der Waals surface area contributed by atoms with E-state index in [1.807, 2.05) is 18.2 Å². The average molecular weight is 328 g/mol. The lowest BCUT2D eigenvalue weighted by molar-refractivity contribution is 0.0381. The highest BCUT2D eigenvalue weighted by Crippen LogP contribution is 2.33. The number of aromatic nitrogens is 3. The van der Waals surface area contributed by atoms with E-state index in [9.17, 15) is 9.90 Å². The number of nitrogens with zero attached hydrogens (tertiary/aromatic N) is 3. The molecule has 4 rings (SSSR count). The fourth-order valence-electron chi connectivity index (χ4n) is 3.03. The van der Waals surface area contributed by atoms with Crippen molar-refractivity contribution in [2.24, 2.45) is 5.92 Å². The maximum absolute atomic E-state index is 12.9. The van der Waals surface area contributed by atoms with Crippen LogP contribution in [0.4, 0.5) is 0 Å². The van der Waals surface area contributed by atoms with Gasteiger partial charge < -0.3 is 14.7 Å². The summed E-state index contributed by atoms with van der Waals surface area (Å²) in [4.78, 5) is 14.5.